The summed E-state index contributed by atoms with van der Waals surface area (Å²) < 4.78 is 36.1. The number of halogens is 2. The van der Waals surface area contributed by atoms with Crippen molar-refractivity contribution < 1.29 is 18.3 Å². The maximum Gasteiger partial charge on any atom is 0.255 e. The van der Waals surface area contributed by atoms with Crippen LogP contribution in [0.15, 0.2) is 42.9 Å². The zero-order valence-electron chi connectivity index (χ0n) is 19.3. The number of alkyl halides is 2. The van der Waals surface area contributed by atoms with Gasteiger partial charge in [0.2, 0.25) is 5.95 Å². The van der Waals surface area contributed by atoms with E-state index in [1.54, 1.807) is 10.6 Å². The predicted octanol–water partition coefficient (Wildman–Crippen LogP) is 3.16. The van der Waals surface area contributed by atoms with Crippen LogP contribution in [0.25, 0.3) is 22.4 Å². The van der Waals surface area contributed by atoms with Crippen LogP contribution in [0.5, 0.6) is 0 Å². The third-order valence-electron chi connectivity index (χ3n) is 6.76. The summed E-state index contributed by atoms with van der Waals surface area (Å²) in [6, 6.07) is 7.71. The summed E-state index contributed by atoms with van der Waals surface area (Å²) in [7, 11) is 0. The van der Waals surface area contributed by atoms with Gasteiger partial charge in [-0.15, -0.1) is 5.10 Å². The Kier molecular flexibility index (Phi) is 5.17. The zero-order valence-corrected chi connectivity index (χ0v) is 19.3. The van der Waals surface area contributed by atoms with Crippen molar-refractivity contribution in [1.29, 1.82) is 0 Å². The molecule has 6 rings (SSSR count). The van der Waals surface area contributed by atoms with Crippen LogP contribution < -0.4 is 4.90 Å². The Labute approximate surface area is 199 Å². The number of piperidine rings is 1. The van der Waals surface area contributed by atoms with Crippen molar-refractivity contribution >= 4 is 28.5 Å². The largest absolute Gasteiger partial charge is 0.377 e. The van der Waals surface area contributed by atoms with E-state index in [9.17, 15) is 13.6 Å². The van der Waals surface area contributed by atoms with Gasteiger partial charge < -0.3 is 14.5 Å². The molecule has 0 unspecified atom stereocenters. The lowest BCUT2D eigenvalue weighted by Gasteiger charge is -2.32. The van der Waals surface area contributed by atoms with Gasteiger partial charge in [-0.25, -0.2) is 18.3 Å². The number of carbonyl (C=O) groups is 1. The number of likely N-dealkylation sites (tertiary alicyclic amines) is 1. The van der Waals surface area contributed by atoms with Crippen molar-refractivity contribution in [1.82, 2.24) is 29.0 Å². The van der Waals surface area contributed by atoms with E-state index in [0.717, 1.165) is 23.3 Å². The van der Waals surface area contributed by atoms with Gasteiger partial charge in [0, 0.05) is 50.3 Å². The summed E-state index contributed by atoms with van der Waals surface area (Å²) in [5, 5.41) is 5.47. The highest BCUT2D eigenvalue weighted by Gasteiger charge is 2.36. The summed E-state index contributed by atoms with van der Waals surface area (Å²) >= 11 is 0. The number of amides is 1. The topological polar surface area (TPSA) is 80.8 Å². The van der Waals surface area contributed by atoms with Crippen LogP contribution >= 0.6 is 0 Å². The van der Waals surface area contributed by atoms with Gasteiger partial charge in [-0.3, -0.25) is 9.36 Å². The van der Waals surface area contributed by atoms with E-state index in [-0.39, 0.29) is 37.9 Å². The number of anilines is 1. The van der Waals surface area contributed by atoms with Gasteiger partial charge in [0.1, 0.15) is 5.65 Å². The minimum atomic E-state index is -2.69. The second-order valence-electron chi connectivity index (χ2n) is 9.19. The number of rotatable bonds is 3. The zero-order chi connectivity index (χ0) is 24.2. The standard InChI is InChI=1S/C24H25F2N7O2/c1-16-15-35-11-10-31(16)23-28-20-3-2-19(14-33(20)29-23)32-7-4-17-12-18(13-27-21(17)32)22(34)30-8-5-24(25,26)6-9-30/h2-4,7,12-14,16H,5-6,8-11,15H2,1H3/t16-/m1/s1. The molecule has 4 aromatic heterocycles. The van der Waals surface area contributed by atoms with Gasteiger partial charge in [-0.05, 0) is 31.2 Å². The molecule has 2 fully saturated rings. The Hall–Kier alpha value is -3.60. The number of morpholine rings is 1. The van der Waals surface area contributed by atoms with Crippen LogP contribution in [0.3, 0.4) is 0 Å². The maximum atomic E-state index is 13.5. The van der Waals surface area contributed by atoms with Crippen LogP contribution in [-0.2, 0) is 4.74 Å². The van der Waals surface area contributed by atoms with E-state index in [1.807, 2.05) is 35.2 Å². The number of aromatic nitrogens is 5. The first kappa shape index (κ1) is 21.9. The van der Waals surface area contributed by atoms with Crippen LogP contribution in [0.2, 0.25) is 0 Å². The van der Waals surface area contributed by atoms with E-state index in [2.05, 4.69) is 26.9 Å². The first-order valence-electron chi connectivity index (χ1n) is 11.7. The number of pyridine rings is 2. The van der Waals surface area contributed by atoms with Gasteiger partial charge in [-0.2, -0.15) is 4.98 Å². The molecule has 0 bridgehead atoms. The van der Waals surface area contributed by atoms with Crippen molar-refractivity contribution in [3.8, 4) is 5.69 Å². The molecule has 0 aromatic carbocycles. The average Bonchev–Trinajstić information content (AvgIpc) is 3.47. The number of ether oxygens (including phenoxy) is 1. The number of nitrogens with zero attached hydrogens (tertiary/aromatic N) is 7. The van der Waals surface area contributed by atoms with Crippen molar-refractivity contribution in [3.05, 3.63) is 48.4 Å². The molecule has 2 aliphatic rings. The molecule has 9 nitrogen and oxygen atoms in total. The minimum Gasteiger partial charge on any atom is -0.377 e. The minimum absolute atomic E-state index is 0.0496. The summed E-state index contributed by atoms with van der Waals surface area (Å²) in [5.74, 6) is -2.29. The summed E-state index contributed by atoms with van der Waals surface area (Å²) in [6.07, 6.45) is 4.69. The van der Waals surface area contributed by atoms with Crippen molar-refractivity contribution in [2.45, 2.75) is 31.7 Å². The lowest BCUT2D eigenvalue weighted by atomic mass is 10.1. The van der Waals surface area contributed by atoms with Crippen LogP contribution in [0, 0.1) is 0 Å². The molecule has 6 heterocycles. The fourth-order valence-electron chi connectivity index (χ4n) is 4.72. The van der Waals surface area contributed by atoms with Crippen LogP contribution in [-0.4, -0.2) is 79.8 Å². The van der Waals surface area contributed by atoms with E-state index in [1.165, 1.54) is 11.1 Å². The molecular formula is C24H25F2N7O2. The molecule has 4 aromatic rings. The summed E-state index contributed by atoms with van der Waals surface area (Å²) in [6.45, 7) is 4.24. The molecule has 0 N–H and O–H groups in total. The smallest absolute Gasteiger partial charge is 0.255 e. The van der Waals surface area contributed by atoms with Gasteiger partial charge in [0.05, 0.1) is 36.7 Å². The number of fused-ring (bicyclic) bond motifs is 2. The molecule has 0 saturated carbocycles. The molecule has 0 aliphatic carbocycles. The lowest BCUT2D eigenvalue weighted by molar-refractivity contribution is -0.0494. The Morgan fingerprint density at radius 1 is 1.17 bits per heavy atom. The third kappa shape index (κ3) is 3.99. The van der Waals surface area contributed by atoms with Gasteiger partial charge in [0.25, 0.3) is 11.8 Å². The summed E-state index contributed by atoms with van der Waals surface area (Å²) in [4.78, 5) is 25.7. The Morgan fingerprint density at radius 2 is 2.00 bits per heavy atom. The third-order valence-corrected chi connectivity index (χ3v) is 6.76. The molecule has 1 amide bonds. The van der Waals surface area contributed by atoms with Crippen molar-refractivity contribution in [3.63, 3.8) is 0 Å². The highest BCUT2D eigenvalue weighted by atomic mass is 19.3. The molecule has 182 valence electrons. The molecule has 2 saturated heterocycles. The number of hydrogen-bond donors (Lipinski definition) is 0. The molecule has 11 heteroatoms. The molecule has 0 radical (unpaired) electrons. The average molecular weight is 482 g/mol. The SMILES string of the molecule is C[C@@H]1COCCN1c1nc2ccc(-n3ccc4cc(C(=O)N5CCC(F)(F)CC5)cnc43)cn2n1. The van der Waals surface area contributed by atoms with E-state index in [0.29, 0.717) is 30.4 Å². The highest BCUT2D eigenvalue weighted by Crippen LogP contribution is 2.29. The van der Waals surface area contributed by atoms with Crippen molar-refractivity contribution in [2.24, 2.45) is 0 Å². The van der Waals surface area contributed by atoms with E-state index >= 15 is 0 Å². The van der Waals surface area contributed by atoms with E-state index < -0.39 is 5.92 Å². The second-order valence-corrected chi connectivity index (χ2v) is 9.19. The molecule has 1 atom stereocenters. The Morgan fingerprint density at radius 3 is 2.80 bits per heavy atom. The maximum absolute atomic E-state index is 13.5. The Bertz CT molecular complexity index is 1410. The fourth-order valence-corrected chi connectivity index (χ4v) is 4.72. The number of carbonyl (C=O) groups excluding carboxylic acids is 1. The molecule has 0 spiro atoms. The number of hydrogen-bond acceptors (Lipinski definition) is 6. The Balaban J connectivity index is 1.27. The van der Waals surface area contributed by atoms with Gasteiger partial charge >= 0.3 is 0 Å². The quantitative estimate of drug-likeness (QED) is 0.447. The summed E-state index contributed by atoms with van der Waals surface area (Å²) in [5.41, 5.74) is 2.68. The molecule has 35 heavy (non-hydrogen) atoms. The molecule has 2 aliphatic heterocycles. The van der Waals surface area contributed by atoms with Crippen molar-refractivity contribution in [2.75, 3.05) is 37.7 Å². The van der Waals surface area contributed by atoms with Crippen LogP contribution in [0.4, 0.5) is 14.7 Å². The van der Waals surface area contributed by atoms with Gasteiger partial charge in [0.15, 0.2) is 5.65 Å². The van der Waals surface area contributed by atoms with Gasteiger partial charge in [-0.1, -0.05) is 0 Å². The van der Waals surface area contributed by atoms with E-state index in [4.69, 9.17) is 4.74 Å². The molecular weight excluding hydrogens is 456 g/mol. The normalized spacial score (nSPS) is 20.6. The van der Waals surface area contributed by atoms with Crippen LogP contribution in [0.1, 0.15) is 30.1 Å². The lowest BCUT2D eigenvalue weighted by Crippen LogP contribution is -2.44. The second kappa shape index (κ2) is 8.26. The fraction of sp³-hybridized carbons (Fsp3) is 0.417. The monoisotopic (exact) mass is 481 g/mol. The first-order chi connectivity index (χ1) is 16.9. The predicted molar refractivity (Wildman–Crippen MR) is 125 cm³/mol. The highest BCUT2D eigenvalue weighted by molar-refractivity contribution is 5.97. The first-order valence-corrected chi connectivity index (χ1v) is 11.7.